The molecule has 1 heterocycles. The Balaban J connectivity index is 1.54. The summed E-state index contributed by atoms with van der Waals surface area (Å²) < 4.78 is 0. The van der Waals surface area contributed by atoms with Crippen LogP contribution in [0.25, 0.3) is 0 Å². The molecular weight excluding hydrogens is 322 g/mol. The van der Waals surface area contributed by atoms with Crippen molar-refractivity contribution in [2.24, 2.45) is 0 Å². The van der Waals surface area contributed by atoms with E-state index >= 15 is 0 Å². The molecule has 0 bridgehead atoms. The van der Waals surface area contributed by atoms with Gasteiger partial charge in [-0.3, -0.25) is 0 Å². The van der Waals surface area contributed by atoms with Crippen molar-refractivity contribution in [3.63, 3.8) is 0 Å². The second-order valence-electron chi connectivity index (χ2n) is 5.93. The number of anilines is 2. The maximum atomic E-state index is 12.3. The molecule has 126 valence electrons. The highest BCUT2D eigenvalue weighted by atomic mass is 35.5. The van der Waals surface area contributed by atoms with Crippen molar-refractivity contribution < 1.29 is 4.79 Å². The van der Waals surface area contributed by atoms with Gasteiger partial charge in [0.1, 0.15) is 0 Å². The molecule has 1 N–H and O–H groups in total. The number of urea groups is 1. The summed E-state index contributed by atoms with van der Waals surface area (Å²) in [5.41, 5.74) is 3.34. The first-order chi connectivity index (χ1) is 11.7. The van der Waals surface area contributed by atoms with Gasteiger partial charge in [-0.05, 0) is 48.4 Å². The Labute approximate surface area is 148 Å². The van der Waals surface area contributed by atoms with E-state index in [0.29, 0.717) is 5.02 Å². The smallest absolute Gasteiger partial charge is 0.321 e. The molecule has 1 aliphatic heterocycles. The molecule has 4 nitrogen and oxygen atoms in total. The van der Waals surface area contributed by atoms with Crippen molar-refractivity contribution in [1.29, 1.82) is 0 Å². The van der Waals surface area contributed by atoms with Crippen LogP contribution in [0.15, 0.2) is 48.5 Å². The molecule has 0 aliphatic carbocycles. The lowest BCUT2D eigenvalue weighted by Gasteiger charge is -2.36. The maximum absolute atomic E-state index is 12.3. The van der Waals surface area contributed by atoms with Gasteiger partial charge in [0.15, 0.2) is 0 Å². The summed E-state index contributed by atoms with van der Waals surface area (Å²) in [5.74, 6) is 0. The van der Waals surface area contributed by atoms with Crippen LogP contribution in [0.3, 0.4) is 0 Å². The van der Waals surface area contributed by atoms with Crippen LogP contribution in [-0.2, 0) is 6.42 Å². The molecule has 0 saturated carbocycles. The van der Waals surface area contributed by atoms with E-state index in [0.717, 1.165) is 38.3 Å². The van der Waals surface area contributed by atoms with E-state index in [1.807, 2.05) is 17.0 Å². The van der Waals surface area contributed by atoms with E-state index in [1.54, 1.807) is 12.1 Å². The first kappa shape index (κ1) is 16.7. The number of nitrogens with one attached hydrogen (secondary N) is 1. The third-order valence-electron chi connectivity index (χ3n) is 4.37. The van der Waals surface area contributed by atoms with Gasteiger partial charge in [0.2, 0.25) is 0 Å². The van der Waals surface area contributed by atoms with Crippen molar-refractivity contribution in [3.8, 4) is 0 Å². The second kappa shape index (κ2) is 7.58. The molecule has 0 spiro atoms. The maximum Gasteiger partial charge on any atom is 0.321 e. The summed E-state index contributed by atoms with van der Waals surface area (Å²) in [4.78, 5) is 16.5. The summed E-state index contributed by atoms with van der Waals surface area (Å²) in [7, 11) is 0. The Bertz CT molecular complexity index is 677. The largest absolute Gasteiger partial charge is 0.368 e. The third-order valence-corrected chi connectivity index (χ3v) is 4.62. The van der Waals surface area contributed by atoms with Crippen LogP contribution in [0.5, 0.6) is 0 Å². The molecule has 2 aromatic carbocycles. The zero-order chi connectivity index (χ0) is 16.9. The number of hydrogen-bond acceptors (Lipinski definition) is 2. The minimum atomic E-state index is -0.0571. The highest BCUT2D eigenvalue weighted by Crippen LogP contribution is 2.19. The number of hydrogen-bond donors (Lipinski definition) is 1. The molecule has 1 fully saturated rings. The van der Waals surface area contributed by atoms with Gasteiger partial charge in [0, 0.05) is 42.6 Å². The number of aryl methyl sites for hydroxylation is 1. The summed E-state index contributed by atoms with van der Waals surface area (Å²) in [6.07, 6.45) is 1.05. The molecule has 0 atom stereocenters. The Morgan fingerprint density at radius 2 is 1.62 bits per heavy atom. The molecule has 2 amide bonds. The number of benzene rings is 2. The molecular formula is C19H22ClN3O. The van der Waals surface area contributed by atoms with Gasteiger partial charge in [-0.25, -0.2) is 4.79 Å². The van der Waals surface area contributed by atoms with Crippen LogP contribution >= 0.6 is 11.6 Å². The molecule has 0 radical (unpaired) electrons. The fraction of sp³-hybridized carbons (Fsp3) is 0.316. The van der Waals surface area contributed by atoms with E-state index in [2.05, 4.69) is 41.4 Å². The van der Waals surface area contributed by atoms with Crippen molar-refractivity contribution >= 4 is 29.0 Å². The van der Waals surface area contributed by atoms with Crippen molar-refractivity contribution in [3.05, 3.63) is 59.1 Å². The number of carbonyl (C=O) groups is 1. The van der Waals surface area contributed by atoms with Crippen molar-refractivity contribution in [1.82, 2.24) is 4.90 Å². The zero-order valence-electron chi connectivity index (χ0n) is 13.8. The standard InChI is InChI=1S/C19H22ClN3O/c1-2-15-3-9-18(10-4-15)22-11-13-23(14-12-22)19(24)21-17-7-5-16(20)6-8-17/h3-10H,2,11-14H2,1H3,(H,21,24). The van der Waals surface area contributed by atoms with Gasteiger partial charge in [-0.1, -0.05) is 30.7 Å². The van der Waals surface area contributed by atoms with Gasteiger partial charge in [0.05, 0.1) is 0 Å². The molecule has 1 aliphatic rings. The predicted molar refractivity (Wildman–Crippen MR) is 100 cm³/mol. The van der Waals surface area contributed by atoms with Crippen LogP contribution in [0, 0.1) is 0 Å². The monoisotopic (exact) mass is 343 g/mol. The van der Waals surface area contributed by atoms with Crippen LogP contribution in [0.1, 0.15) is 12.5 Å². The van der Waals surface area contributed by atoms with Gasteiger partial charge in [-0.2, -0.15) is 0 Å². The normalized spacial score (nSPS) is 14.6. The number of rotatable bonds is 3. The average Bonchev–Trinajstić information content (AvgIpc) is 2.64. The lowest BCUT2D eigenvalue weighted by molar-refractivity contribution is 0.208. The van der Waals surface area contributed by atoms with Crippen LogP contribution < -0.4 is 10.2 Å². The molecule has 0 unspecified atom stereocenters. The molecule has 1 saturated heterocycles. The minimum Gasteiger partial charge on any atom is -0.368 e. The quantitative estimate of drug-likeness (QED) is 0.904. The highest BCUT2D eigenvalue weighted by molar-refractivity contribution is 6.30. The Kier molecular flexibility index (Phi) is 5.26. The SMILES string of the molecule is CCc1ccc(N2CCN(C(=O)Nc3ccc(Cl)cc3)CC2)cc1. The zero-order valence-corrected chi connectivity index (χ0v) is 14.6. The fourth-order valence-corrected chi connectivity index (χ4v) is 2.97. The number of carbonyl (C=O) groups excluding carboxylic acids is 1. The van der Waals surface area contributed by atoms with E-state index in [-0.39, 0.29) is 6.03 Å². The minimum absolute atomic E-state index is 0.0571. The van der Waals surface area contributed by atoms with Gasteiger partial charge in [0.25, 0.3) is 0 Å². The van der Waals surface area contributed by atoms with E-state index in [1.165, 1.54) is 11.3 Å². The van der Waals surface area contributed by atoms with Gasteiger partial charge in [-0.15, -0.1) is 0 Å². The van der Waals surface area contributed by atoms with Gasteiger partial charge >= 0.3 is 6.03 Å². The third kappa shape index (κ3) is 4.01. The predicted octanol–water partition coefficient (Wildman–Crippen LogP) is 4.26. The van der Waals surface area contributed by atoms with Gasteiger partial charge < -0.3 is 15.1 Å². The molecule has 2 aromatic rings. The van der Waals surface area contributed by atoms with E-state index in [4.69, 9.17) is 11.6 Å². The molecule has 3 rings (SSSR count). The lowest BCUT2D eigenvalue weighted by atomic mass is 10.1. The number of halogens is 1. The fourth-order valence-electron chi connectivity index (χ4n) is 2.85. The number of nitrogens with zero attached hydrogens (tertiary/aromatic N) is 2. The average molecular weight is 344 g/mol. The highest BCUT2D eigenvalue weighted by Gasteiger charge is 2.21. The topological polar surface area (TPSA) is 35.6 Å². The first-order valence-electron chi connectivity index (χ1n) is 8.31. The molecule has 5 heteroatoms. The molecule has 24 heavy (non-hydrogen) atoms. The number of amides is 2. The Morgan fingerprint density at radius 1 is 1.00 bits per heavy atom. The summed E-state index contributed by atoms with van der Waals surface area (Å²) >= 11 is 5.86. The molecule has 0 aromatic heterocycles. The van der Waals surface area contributed by atoms with Crippen molar-refractivity contribution in [2.75, 3.05) is 36.4 Å². The van der Waals surface area contributed by atoms with Crippen molar-refractivity contribution in [2.45, 2.75) is 13.3 Å². The second-order valence-corrected chi connectivity index (χ2v) is 6.37. The van der Waals surface area contributed by atoms with Crippen LogP contribution in [-0.4, -0.2) is 37.1 Å². The van der Waals surface area contributed by atoms with Crippen LogP contribution in [0.4, 0.5) is 16.2 Å². The lowest BCUT2D eigenvalue weighted by Crippen LogP contribution is -2.50. The van der Waals surface area contributed by atoms with Crippen LogP contribution in [0.2, 0.25) is 5.02 Å². The van der Waals surface area contributed by atoms with E-state index < -0.39 is 0 Å². The Hall–Kier alpha value is -2.20. The summed E-state index contributed by atoms with van der Waals surface area (Å²) in [6.45, 7) is 5.29. The van der Waals surface area contributed by atoms with E-state index in [9.17, 15) is 4.79 Å². The summed E-state index contributed by atoms with van der Waals surface area (Å²) in [5, 5.41) is 3.58. The Morgan fingerprint density at radius 3 is 2.21 bits per heavy atom. The summed E-state index contributed by atoms with van der Waals surface area (Å²) in [6, 6.07) is 15.8. The first-order valence-corrected chi connectivity index (χ1v) is 8.69. The number of piperazine rings is 1.